The molecule has 2 rings (SSSR count). The summed E-state index contributed by atoms with van der Waals surface area (Å²) >= 11 is 0. The van der Waals surface area contributed by atoms with E-state index in [1.165, 1.54) is 0 Å². The van der Waals surface area contributed by atoms with E-state index in [-0.39, 0.29) is 12.3 Å². The molecule has 20 heavy (non-hydrogen) atoms. The van der Waals surface area contributed by atoms with E-state index in [0.29, 0.717) is 25.9 Å². The number of likely N-dealkylation sites (tertiary alicyclic amines) is 1. The second-order valence-electron chi connectivity index (χ2n) is 6.31. The summed E-state index contributed by atoms with van der Waals surface area (Å²) < 4.78 is 0. The van der Waals surface area contributed by atoms with Gasteiger partial charge in [0, 0.05) is 19.5 Å². The van der Waals surface area contributed by atoms with E-state index in [9.17, 15) is 19.8 Å². The third kappa shape index (κ3) is 3.51. The van der Waals surface area contributed by atoms with Gasteiger partial charge in [-0.2, -0.15) is 0 Å². The maximum absolute atomic E-state index is 12.4. The number of carboxylic acids is 1. The van der Waals surface area contributed by atoms with E-state index in [4.69, 9.17) is 0 Å². The minimum Gasteiger partial charge on any atom is -0.481 e. The number of amides is 1. The normalized spacial score (nSPS) is 26.9. The predicted molar refractivity (Wildman–Crippen MR) is 74.2 cm³/mol. The average molecular weight is 283 g/mol. The van der Waals surface area contributed by atoms with Crippen LogP contribution < -0.4 is 0 Å². The smallest absolute Gasteiger partial charge is 0.310 e. The van der Waals surface area contributed by atoms with Gasteiger partial charge in [0.1, 0.15) is 0 Å². The number of aliphatic hydroxyl groups is 1. The maximum Gasteiger partial charge on any atom is 0.310 e. The van der Waals surface area contributed by atoms with Gasteiger partial charge in [0.25, 0.3) is 0 Å². The highest BCUT2D eigenvalue weighted by Gasteiger charge is 2.41. The van der Waals surface area contributed by atoms with Gasteiger partial charge in [-0.3, -0.25) is 9.59 Å². The van der Waals surface area contributed by atoms with Gasteiger partial charge in [-0.25, -0.2) is 0 Å². The SMILES string of the molecule is O=C(CC1(C(=O)O)CCCCCC1)N1CCC[C@H](O)C1. The topological polar surface area (TPSA) is 77.8 Å². The minimum atomic E-state index is -0.879. The number of aliphatic hydroxyl groups excluding tert-OH is 1. The fourth-order valence-electron chi connectivity index (χ4n) is 3.45. The first-order valence-electron chi connectivity index (χ1n) is 7.73. The average Bonchev–Trinajstić information content (AvgIpc) is 2.65. The van der Waals surface area contributed by atoms with E-state index >= 15 is 0 Å². The molecule has 0 aromatic heterocycles. The number of carbonyl (C=O) groups is 2. The summed E-state index contributed by atoms with van der Waals surface area (Å²) in [5.74, 6) is -0.932. The van der Waals surface area contributed by atoms with Crippen LogP contribution in [0, 0.1) is 5.41 Å². The van der Waals surface area contributed by atoms with E-state index in [1.54, 1.807) is 4.90 Å². The van der Waals surface area contributed by atoms with E-state index < -0.39 is 17.5 Å². The standard InChI is InChI=1S/C15H25NO4/c17-12-6-5-9-16(11-12)13(18)10-15(14(19)20)7-3-1-2-4-8-15/h12,17H,1-11H2,(H,19,20)/t12-/m0/s1. The first-order valence-corrected chi connectivity index (χ1v) is 7.73. The van der Waals surface area contributed by atoms with Crippen LogP contribution in [0.4, 0.5) is 0 Å². The van der Waals surface area contributed by atoms with Crippen LogP contribution in [-0.4, -0.2) is 46.2 Å². The molecule has 0 spiro atoms. The van der Waals surface area contributed by atoms with Crippen molar-refractivity contribution in [1.29, 1.82) is 0 Å². The van der Waals surface area contributed by atoms with Crippen LogP contribution in [0.2, 0.25) is 0 Å². The van der Waals surface area contributed by atoms with Crippen LogP contribution in [0.1, 0.15) is 57.8 Å². The van der Waals surface area contributed by atoms with Crippen molar-refractivity contribution >= 4 is 11.9 Å². The van der Waals surface area contributed by atoms with E-state index in [0.717, 1.165) is 38.5 Å². The summed E-state index contributed by atoms with van der Waals surface area (Å²) in [5, 5.41) is 19.2. The number of hydrogen-bond donors (Lipinski definition) is 2. The molecule has 0 radical (unpaired) electrons. The Labute approximate surface area is 120 Å². The van der Waals surface area contributed by atoms with Crippen molar-refractivity contribution in [2.24, 2.45) is 5.41 Å². The fraction of sp³-hybridized carbons (Fsp3) is 0.867. The van der Waals surface area contributed by atoms with E-state index in [1.807, 2.05) is 0 Å². The molecule has 2 N–H and O–H groups in total. The van der Waals surface area contributed by atoms with Crippen LogP contribution in [0.25, 0.3) is 0 Å². The lowest BCUT2D eigenvalue weighted by atomic mass is 9.77. The molecule has 1 heterocycles. The highest BCUT2D eigenvalue weighted by Crippen LogP contribution is 2.39. The number of nitrogens with zero attached hydrogens (tertiary/aromatic N) is 1. The van der Waals surface area contributed by atoms with Gasteiger partial charge in [-0.1, -0.05) is 25.7 Å². The van der Waals surface area contributed by atoms with Crippen molar-refractivity contribution < 1.29 is 19.8 Å². The van der Waals surface area contributed by atoms with Crippen LogP contribution in [0.3, 0.4) is 0 Å². The molecular weight excluding hydrogens is 258 g/mol. The zero-order valence-electron chi connectivity index (χ0n) is 12.0. The summed E-state index contributed by atoms with van der Waals surface area (Å²) in [5.41, 5.74) is -0.879. The molecule has 114 valence electrons. The third-order valence-corrected chi connectivity index (χ3v) is 4.75. The Bertz CT molecular complexity index is 361. The molecular formula is C15H25NO4. The number of piperidine rings is 1. The molecule has 2 fully saturated rings. The van der Waals surface area contributed by atoms with Crippen molar-refractivity contribution in [2.75, 3.05) is 13.1 Å². The second-order valence-corrected chi connectivity index (χ2v) is 6.31. The highest BCUT2D eigenvalue weighted by atomic mass is 16.4. The Morgan fingerprint density at radius 2 is 1.75 bits per heavy atom. The lowest BCUT2D eigenvalue weighted by molar-refractivity contribution is -0.155. The van der Waals surface area contributed by atoms with Crippen molar-refractivity contribution in [1.82, 2.24) is 4.90 Å². The van der Waals surface area contributed by atoms with Gasteiger partial charge < -0.3 is 15.1 Å². The summed E-state index contributed by atoms with van der Waals surface area (Å²) in [4.78, 5) is 25.7. The number of carbonyl (C=O) groups excluding carboxylic acids is 1. The van der Waals surface area contributed by atoms with Gasteiger partial charge in [0.15, 0.2) is 0 Å². The zero-order valence-corrected chi connectivity index (χ0v) is 12.0. The third-order valence-electron chi connectivity index (χ3n) is 4.75. The molecule has 1 amide bonds. The van der Waals surface area contributed by atoms with Gasteiger partial charge in [0.05, 0.1) is 11.5 Å². The Kier molecular flexibility index (Phi) is 5.02. The number of hydrogen-bond acceptors (Lipinski definition) is 3. The molecule has 5 nitrogen and oxygen atoms in total. The molecule has 1 aliphatic carbocycles. The molecule has 1 atom stereocenters. The Balaban J connectivity index is 2.03. The van der Waals surface area contributed by atoms with Gasteiger partial charge >= 0.3 is 5.97 Å². The maximum atomic E-state index is 12.4. The summed E-state index contributed by atoms with van der Waals surface area (Å²) in [7, 11) is 0. The first kappa shape index (κ1) is 15.3. The van der Waals surface area contributed by atoms with Crippen LogP contribution >= 0.6 is 0 Å². The molecule has 1 saturated carbocycles. The monoisotopic (exact) mass is 283 g/mol. The van der Waals surface area contributed by atoms with E-state index in [2.05, 4.69) is 0 Å². The van der Waals surface area contributed by atoms with Gasteiger partial charge in [0.2, 0.25) is 5.91 Å². The summed E-state index contributed by atoms with van der Waals surface area (Å²) in [6, 6.07) is 0. The predicted octanol–water partition coefficient (Wildman–Crippen LogP) is 1.78. The molecule has 0 aromatic carbocycles. The summed E-state index contributed by atoms with van der Waals surface area (Å²) in [6.45, 7) is 1.00. The molecule has 0 unspecified atom stereocenters. The Morgan fingerprint density at radius 1 is 1.10 bits per heavy atom. The number of rotatable bonds is 3. The van der Waals surface area contributed by atoms with Crippen LogP contribution in [0.15, 0.2) is 0 Å². The van der Waals surface area contributed by atoms with Crippen molar-refractivity contribution in [3.63, 3.8) is 0 Å². The van der Waals surface area contributed by atoms with Crippen LogP contribution in [-0.2, 0) is 9.59 Å². The molecule has 0 aromatic rings. The van der Waals surface area contributed by atoms with Crippen molar-refractivity contribution in [3.8, 4) is 0 Å². The van der Waals surface area contributed by atoms with Crippen molar-refractivity contribution in [2.45, 2.75) is 63.9 Å². The highest BCUT2D eigenvalue weighted by molar-refractivity contribution is 5.85. The number of aliphatic carboxylic acids is 1. The zero-order chi connectivity index (χ0) is 14.6. The lowest BCUT2D eigenvalue weighted by Crippen LogP contribution is -2.45. The Hall–Kier alpha value is -1.10. The lowest BCUT2D eigenvalue weighted by Gasteiger charge is -2.34. The molecule has 1 saturated heterocycles. The fourth-order valence-corrected chi connectivity index (χ4v) is 3.45. The molecule has 5 heteroatoms. The Morgan fingerprint density at radius 3 is 2.30 bits per heavy atom. The number of β-amino-alcohol motifs (C(OH)–C–C–N with tert-alkyl or cyclic N) is 1. The minimum absolute atomic E-state index is 0.0923. The second kappa shape index (κ2) is 6.57. The molecule has 0 bridgehead atoms. The van der Waals surface area contributed by atoms with Crippen LogP contribution in [0.5, 0.6) is 0 Å². The van der Waals surface area contributed by atoms with Gasteiger partial charge in [-0.05, 0) is 25.7 Å². The molecule has 2 aliphatic rings. The molecule has 1 aliphatic heterocycles. The first-order chi connectivity index (χ1) is 9.53. The number of carboxylic acid groups (broad SMARTS) is 1. The van der Waals surface area contributed by atoms with Gasteiger partial charge in [-0.15, -0.1) is 0 Å². The largest absolute Gasteiger partial charge is 0.481 e. The van der Waals surface area contributed by atoms with Crippen molar-refractivity contribution in [3.05, 3.63) is 0 Å². The quantitative estimate of drug-likeness (QED) is 0.774. The summed E-state index contributed by atoms with van der Waals surface area (Å²) in [6.07, 6.45) is 6.27.